The first-order chi connectivity index (χ1) is 7.75. The zero-order valence-corrected chi connectivity index (χ0v) is 10.1. The standard InChI is InChI=1S/C13H20N2O/c1-10(2)16-13-12(4-3-7-15-13)9-14-8-11-5-6-11/h3-4,7,10-11,14H,5-6,8-9H2,1-2H3. The van der Waals surface area contributed by atoms with Crippen molar-refractivity contribution in [2.45, 2.75) is 39.3 Å². The quantitative estimate of drug-likeness (QED) is 0.799. The molecule has 3 heteroatoms. The predicted octanol–water partition coefficient (Wildman–Crippen LogP) is 2.37. The maximum absolute atomic E-state index is 5.67. The second-order valence-corrected chi connectivity index (χ2v) is 4.71. The fourth-order valence-corrected chi connectivity index (χ4v) is 1.62. The lowest BCUT2D eigenvalue weighted by Crippen LogP contribution is -2.18. The molecular weight excluding hydrogens is 200 g/mol. The highest BCUT2D eigenvalue weighted by Gasteiger charge is 2.20. The molecule has 1 saturated carbocycles. The van der Waals surface area contributed by atoms with Gasteiger partial charge in [-0.3, -0.25) is 0 Å². The SMILES string of the molecule is CC(C)Oc1ncccc1CNCC1CC1. The van der Waals surface area contributed by atoms with Gasteiger partial charge in [0, 0.05) is 18.3 Å². The highest BCUT2D eigenvalue weighted by atomic mass is 16.5. The van der Waals surface area contributed by atoms with Crippen molar-refractivity contribution < 1.29 is 4.74 Å². The number of pyridine rings is 1. The van der Waals surface area contributed by atoms with Crippen LogP contribution in [-0.2, 0) is 6.54 Å². The van der Waals surface area contributed by atoms with Gasteiger partial charge >= 0.3 is 0 Å². The Balaban J connectivity index is 1.89. The average Bonchev–Trinajstić information content (AvgIpc) is 3.04. The zero-order chi connectivity index (χ0) is 11.4. The molecule has 0 spiro atoms. The minimum absolute atomic E-state index is 0.178. The Labute approximate surface area is 97.2 Å². The highest BCUT2D eigenvalue weighted by Crippen LogP contribution is 2.27. The summed E-state index contributed by atoms with van der Waals surface area (Å²) in [7, 11) is 0. The Kier molecular flexibility index (Phi) is 3.78. The smallest absolute Gasteiger partial charge is 0.218 e. The van der Waals surface area contributed by atoms with Crippen LogP contribution in [0.25, 0.3) is 0 Å². The van der Waals surface area contributed by atoms with Crippen molar-refractivity contribution in [1.82, 2.24) is 10.3 Å². The van der Waals surface area contributed by atoms with Gasteiger partial charge in [-0.2, -0.15) is 0 Å². The van der Waals surface area contributed by atoms with E-state index < -0.39 is 0 Å². The summed E-state index contributed by atoms with van der Waals surface area (Å²) < 4.78 is 5.67. The number of aromatic nitrogens is 1. The van der Waals surface area contributed by atoms with E-state index >= 15 is 0 Å². The Morgan fingerprint density at radius 3 is 3.00 bits per heavy atom. The van der Waals surface area contributed by atoms with Crippen LogP contribution in [-0.4, -0.2) is 17.6 Å². The molecule has 0 saturated heterocycles. The number of ether oxygens (including phenoxy) is 1. The van der Waals surface area contributed by atoms with E-state index in [1.165, 1.54) is 12.8 Å². The van der Waals surface area contributed by atoms with Gasteiger partial charge in [0.25, 0.3) is 0 Å². The van der Waals surface area contributed by atoms with Crippen LogP contribution in [0.5, 0.6) is 5.88 Å². The van der Waals surface area contributed by atoms with Crippen molar-refractivity contribution in [3.8, 4) is 5.88 Å². The van der Waals surface area contributed by atoms with Gasteiger partial charge in [0.05, 0.1) is 6.10 Å². The summed E-state index contributed by atoms with van der Waals surface area (Å²) in [6, 6.07) is 4.03. The van der Waals surface area contributed by atoms with E-state index in [4.69, 9.17) is 4.74 Å². The van der Waals surface area contributed by atoms with Crippen LogP contribution in [0.3, 0.4) is 0 Å². The van der Waals surface area contributed by atoms with E-state index in [-0.39, 0.29) is 6.10 Å². The monoisotopic (exact) mass is 220 g/mol. The minimum atomic E-state index is 0.178. The molecule has 3 nitrogen and oxygen atoms in total. The third-order valence-electron chi connectivity index (χ3n) is 2.64. The first-order valence-electron chi connectivity index (χ1n) is 6.07. The number of nitrogens with zero attached hydrogens (tertiary/aromatic N) is 1. The molecule has 0 unspecified atom stereocenters. The molecule has 0 atom stereocenters. The lowest BCUT2D eigenvalue weighted by atomic mass is 10.2. The van der Waals surface area contributed by atoms with Crippen LogP contribution >= 0.6 is 0 Å². The Morgan fingerprint density at radius 1 is 1.50 bits per heavy atom. The Hall–Kier alpha value is -1.09. The van der Waals surface area contributed by atoms with Crippen LogP contribution in [0.4, 0.5) is 0 Å². The number of nitrogens with one attached hydrogen (secondary N) is 1. The van der Waals surface area contributed by atoms with Gasteiger partial charge in [-0.25, -0.2) is 4.98 Å². The number of rotatable bonds is 6. The van der Waals surface area contributed by atoms with Gasteiger partial charge in [0.1, 0.15) is 0 Å². The van der Waals surface area contributed by atoms with E-state index in [9.17, 15) is 0 Å². The van der Waals surface area contributed by atoms with Crippen molar-refractivity contribution in [1.29, 1.82) is 0 Å². The van der Waals surface area contributed by atoms with Gasteiger partial charge in [-0.05, 0) is 45.2 Å². The highest BCUT2D eigenvalue weighted by molar-refractivity contribution is 5.25. The second-order valence-electron chi connectivity index (χ2n) is 4.71. The topological polar surface area (TPSA) is 34.1 Å². The maximum atomic E-state index is 5.67. The summed E-state index contributed by atoms with van der Waals surface area (Å²) in [4.78, 5) is 4.27. The van der Waals surface area contributed by atoms with E-state index in [0.29, 0.717) is 0 Å². The van der Waals surface area contributed by atoms with E-state index in [0.717, 1.165) is 30.5 Å². The van der Waals surface area contributed by atoms with Crippen LogP contribution < -0.4 is 10.1 Å². The molecule has 1 aromatic heterocycles. The first kappa shape index (κ1) is 11.4. The normalized spacial score (nSPS) is 15.4. The van der Waals surface area contributed by atoms with Crippen LogP contribution in [0, 0.1) is 5.92 Å². The van der Waals surface area contributed by atoms with Crippen molar-refractivity contribution in [2.24, 2.45) is 5.92 Å². The molecule has 0 aliphatic heterocycles. The van der Waals surface area contributed by atoms with Crippen LogP contribution in [0.1, 0.15) is 32.3 Å². The second kappa shape index (κ2) is 5.30. The van der Waals surface area contributed by atoms with Crippen molar-refractivity contribution in [3.05, 3.63) is 23.9 Å². The summed E-state index contributed by atoms with van der Waals surface area (Å²) in [5.74, 6) is 1.67. The van der Waals surface area contributed by atoms with Crippen molar-refractivity contribution in [3.63, 3.8) is 0 Å². The summed E-state index contributed by atoms with van der Waals surface area (Å²) in [6.07, 6.45) is 4.73. The van der Waals surface area contributed by atoms with Crippen molar-refractivity contribution in [2.75, 3.05) is 6.54 Å². The predicted molar refractivity (Wildman–Crippen MR) is 64.4 cm³/mol. The van der Waals surface area contributed by atoms with Gasteiger partial charge < -0.3 is 10.1 Å². The van der Waals surface area contributed by atoms with E-state index in [1.54, 1.807) is 6.20 Å². The molecule has 1 aromatic rings. The fourth-order valence-electron chi connectivity index (χ4n) is 1.62. The summed E-state index contributed by atoms with van der Waals surface area (Å²) in [5, 5.41) is 3.46. The molecule has 2 rings (SSSR count). The van der Waals surface area contributed by atoms with Gasteiger partial charge in [-0.15, -0.1) is 0 Å². The molecule has 0 bridgehead atoms. The summed E-state index contributed by atoms with van der Waals surface area (Å²) in [5.41, 5.74) is 1.15. The molecule has 88 valence electrons. The maximum Gasteiger partial charge on any atom is 0.218 e. The Morgan fingerprint density at radius 2 is 2.31 bits per heavy atom. The van der Waals surface area contributed by atoms with Crippen LogP contribution in [0.2, 0.25) is 0 Å². The average molecular weight is 220 g/mol. The third kappa shape index (κ3) is 3.49. The largest absolute Gasteiger partial charge is 0.475 e. The van der Waals surface area contributed by atoms with Gasteiger partial charge in [0.2, 0.25) is 5.88 Å². The molecule has 0 radical (unpaired) electrons. The molecule has 1 fully saturated rings. The summed E-state index contributed by atoms with van der Waals surface area (Å²) in [6.45, 7) is 6.02. The molecule has 0 aromatic carbocycles. The van der Waals surface area contributed by atoms with E-state index in [1.807, 2.05) is 19.9 Å². The molecule has 0 amide bonds. The molecule has 1 aliphatic rings. The number of hydrogen-bond donors (Lipinski definition) is 1. The molecule has 1 N–H and O–H groups in total. The first-order valence-corrected chi connectivity index (χ1v) is 6.07. The fraction of sp³-hybridized carbons (Fsp3) is 0.615. The van der Waals surface area contributed by atoms with E-state index in [2.05, 4.69) is 16.4 Å². The molecule has 1 heterocycles. The molecular formula is C13H20N2O. The molecule has 16 heavy (non-hydrogen) atoms. The van der Waals surface area contributed by atoms with Gasteiger partial charge in [0.15, 0.2) is 0 Å². The lowest BCUT2D eigenvalue weighted by Gasteiger charge is -2.13. The van der Waals surface area contributed by atoms with Crippen LogP contribution in [0.15, 0.2) is 18.3 Å². The lowest BCUT2D eigenvalue weighted by molar-refractivity contribution is 0.229. The molecule has 1 aliphatic carbocycles. The summed E-state index contributed by atoms with van der Waals surface area (Å²) >= 11 is 0. The van der Waals surface area contributed by atoms with Crippen molar-refractivity contribution >= 4 is 0 Å². The minimum Gasteiger partial charge on any atom is -0.475 e. The third-order valence-corrected chi connectivity index (χ3v) is 2.64. The Bertz CT molecular complexity index is 334. The zero-order valence-electron chi connectivity index (χ0n) is 10.1. The number of hydrogen-bond acceptors (Lipinski definition) is 3. The van der Waals surface area contributed by atoms with Gasteiger partial charge in [-0.1, -0.05) is 6.07 Å².